The van der Waals surface area contributed by atoms with Gasteiger partial charge in [0.1, 0.15) is 0 Å². The quantitative estimate of drug-likeness (QED) is 0.796. The largest absolute Gasteiger partial charge is 0.416 e. The molecule has 4 rings (SSSR count). The van der Waals surface area contributed by atoms with E-state index in [4.69, 9.17) is 0 Å². The van der Waals surface area contributed by atoms with E-state index in [1.54, 1.807) is 12.1 Å². The van der Waals surface area contributed by atoms with E-state index in [1.165, 1.54) is 12.1 Å². The molecule has 92 valence electrons. The van der Waals surface area contributed by atoms with Gasteiger partial charge in [-0.15, -0.1) is 0 Å². The second kappa shape index (κ2) is 3.48. The van der Waals surface area contributed by atoms with Crippen LogP contribution in [0.4, 0.5) is 13.2 Å². The summed E-state index contributed by atoms with van der Waals surface area (Å²) in [5.74, 6) is 0. The minimum Gasteiger partial charge on any atom is -0.314 e. The van der Waals surface area contributed by atoms with Crippen molar-refractivity contribution in [2.45, 2.75) is 36.9 Å². The summed E-state index contributed by atoms with van der Waals surface area (Å²) in [6.45, 7) is 0.978. The zero-order valence-corrected chi connectivity index (χ0v) is 9.35. The second-order valence-corrected chi connectivity index (χ2v) is 5.16. The van der Waals surface area contributed by atoms with Gasteiger partial charge in [0.15, 0.2) is 0 Å². The lowest BCUT2D eigenvalue weighted by atomic mass is 9.57. The number of nitrogens with one attached hydrogen (secondary N) is 1. The van der Waals surface area contributed by atoms with E-state index in [1.807, 2.05) is 0 Å². The lowest BCUT2D eigenvalue weighted by molar-refractivity contribution is -0.137. The van der Waals surface area contributed by atoms with Gasteiger partial charge in [0.25, 0.3) is 0 Å². The number of piperidine rings is 2. The van der Waals surface area contributed by atoms with Crippen molar-refractivity contribution in [2.24, 2.45) is 0 Å². The molecule has 0 atom stereocenters. The summed E-state index contributed by atoms with van der Waals surface area (Å²) in [6.07, 6.45) is -1.06. The Morgan fingerprint density at radius 3 is 2.24 bits per heavy atom. The van der Waals surface area contributed by atoms with Crippen molar-refractivity contribution in [3.63, 3.8) is 0 Å². The SMILES string of the molecule is FC(F)(F)c1ccc(C23CCNC(C2)C3)cc1. The number of halogens is 3. The third kappa shape index (κ3) is 1.75. The maximum Gasteiger partial charge on any atom is 0.416 e. The molecule has 1 N–H and O–H groups in total. The molecule has 0 unspecified atom stereocenters. The van der Waals surface area contributed by atoms with Crippen LogP contribution in [-0.2, 0) is 11.6 Å². The molecule has 2 heterocycles. The first-order valence-corrected chi connectivity index (χ1v) is 5.91. The highest BCUT2D eigenvalue weighted by Gasteiger charge is 2.48. The number of hydrogen-bond acceptors (Lipinski definition) is 1. The molecule has 4 heteroatoms. The van der Waals surface area contributed by atoms with Crippen molar-refractivity contribution >= 4 is 0 Å². The summed E-state index contributed by atoms with van der Waals surface area (Å²) >= 11 is 0. The predicted molar refractivity (Wildman–Crippen MR) is 58.8 cm³/mol. The molecule has 2 bridgehead atoms. The van der Waals surface area contributed by atoms with E-state index in [0.29, 0.717) is 6.04 Å². The molecule has 3 aliphatic rings. The van der Waals surface area contributed by atoms with Crippen LogP contribution in [0.3, 0.4) is 0 Å². The number of hydrogen-bond donors (Lipinski definition) is 1. The normalized spacial score (nSPS) is 32.1. The molecule has 1 aliphatic carbocycles. The molecule has 2 aliphatic heterocycles. The molecule has 1 saturated carbocycles. The summed E-state index contributed by atoms with van der Waals surface area (Å²) < 4.78 is 37.4. The van der Waals surface area contributed by atoms with Crippen LogP contribution in [0.5, 0.6) is 0 Å². The molecular formula is C13H14F3N. The first-order valence-electron chi connectivity index (χ1n) is 5.91. The van der Waals surface area contributed by atoms with Crippen molar-refractivity contribution < 1.29 is 13.2 Å². The van der Waals surface area contributed by atoms with Crippen molar-refractivity contribution in [3.05, 3.63) is 35.4 Å². The van der Waals surface area contributed by atoms with Gasteiger partial charge in [-0.2, -0.15) is 13.2 Å². The number of benzene rings is 1. The molecule has 1 aromatic rings. The van der Waals surface area contributed by atoms with Gasteiger partial charge in [0, 0.05) is 6.04 Å². The van der Waals surface area contributed by atoms with Gasteiger partial charge in [-0.05, 0) is 48.9 Å². The molecule has 0 spiro atoms. The summed E-state index contributed by atoms with van der Waals surface area (Å²) in [6, 6.07) is 6.30. The highest BCUT2D eigenvalue weighted by Crippen LogP contribution is 2.49. The van der Waals surface area contributed by atoms with Crippen LogP contribution in [0.2, 0.25) is 0 Å². The standard InChI is InChI=1S/C13H14F3N/c14-13(15,16)10-3-1-9(2-4-10)12-5-6-17-11(7-12)8-12/h1-4,11,17H,5-8H2. The van der Waals surface area contributed by atoms with Crippen LogP contribution in [0.15, 0.2) is 24.3 Å². The Morgan fingerprint density at radius 2 is 1.76 bits per heavy atom. The van der Waals surface area contributed by atoms with Crippen LogP contribution < -0.4 is 5.32 Å². The van der Waals surface area contributed by atoms with E-state index in [9.17, 15) is 13.2 Å². The average Bonchev–Trinajstić information content (AvgIpc) is 2.28. The van der Waals surface area contributed by atoms with Crippen molar-refractivity contribution in [1.82, 2.24) is 5.32 Å². The summed E-state index contributed by atoms with van der Waals surface area (Å²) in [5, 5.41) is 3.40. The molecular weight excluding hydrogens is 227 g/mol. The van der Waals surface area contributed by atoms with Crippen molar-refractivity contribution in [2.75, 3.05) is 6.54 Å². The van der Waals surface area contributed by atoms with E-state index in [0.717, 1.165) is 31.4 Å². The van der Waals surface area contributed by atoms with Crippen LogP contribution in [0.1, 0.15) is 30.4 Å². The molecule has 0 radical (unpaired) electrons. The predicted octanol–water partition coefficient (Wildman–Crippen LogP) is 3.10. The van der Waals surface area contributed by atoms with Gasteiger partial charge in [-0.1, -0.05) is 12.1 Å². The first-order chi connectivity index (χ1) is 8.00. The molecule has 1 nitrogen and oxygen atoms in total. The topological polar surface area (TPSA) is 12.0 Å². The smallest absolute Gasteiger partial charge is 0.314 e. The zero-order chi connectivity index (χ0) is 12.1. The number of alkyl halides is 3. The van der Waals surface area contributed by atoms with E-state index < -0.39 is 11.7 Å². The Morgan fingerprint density at radius 1 is 1.12 bits per heavy atom. The minimum atomic E-state index is -4.23. The minimum absolute atomic E-state index is 0.153. The third-order valence-electron chi connectivity index (χ3n) is 4.14. The molecule has 0 amide bonds. The molecule has 17 heavy (non-hydrogen) atoms. The van der Waals surface area contributed by atoms with Gasteiger partial charge in [-0.25, -0.2) is 0 Å². The highest BCUT2D eigenvalue weighted by atomic mass is 19.4. The van der Waals surface area contributed by atoms with Gasteiger partial charge in [-0.3, -0.25) is 0 Å². The Labute approximate surface area is 98.0 Å². The van der Waals surface area contributed by atoms with Crippen molar-refractivity contribution in [3.8, 4) is 0 Å². The van der Waals surface area contributed by atoms with Crippen LogP contribution in [0.25, 0.3) is 0 Å². The van der Waals surface area contributed by atoms with Crippen LogP contribution >= 0.6 is 0 Å². The lowest BCUT2D eigenvalue weighted by Gasteiger charge is -2.53. The average molecular weight is 241 g/mol. The highest BCUT2D eigenvalue weighted by molar-refractivity contribution is 5.34. The summed E-state index contributed by atoms with van der Waals surface area (Å²) in [7, 11) is 0. The summed E-state index contributed by atoms with van der Waals surface area (Å²) in [5.41, 5.74) is 0.672. The van der Waals surface area contributed by atoms with Gasteiger partial charge in [0.05, 0.1) is 5.56 Å². The molecule has 2 saturated heterocycles. The number of fused-ring (bicyclic) bond motifs is 2. The molecule has 1 aromatic carbocycles. The van der Waals surface area contributed by atoms with E-state index >= 15 is 0 Å². The second-order valence-electron chi connectivity index (χ2n) is 5.16. The maximum absolute atomic E-state index is 12.5. The third-order valence-corrected chi connectivity index (χ3v) is 4.14. The fraction of sp³-hybridized carbons (Fsp3) is 0.538. The van der Waals surface area contributed by atoms with Crippen LogP contribution in [-0.4, -0.2) is 12.6 Å². The monoisotopic (exact) mass is 241 g/mol. The lowest BCUT2D eigenvalue weighted by Crippen LogP contribution is -2.58. The Bertz CT molecular complexity index is 410. The van der Waals surface area contributed by atoms with Gasteiger partial charge in [0.2, 0.25) is 0 Å². The molecule has 0 aromatic heterocycles. The fourth-order valence-electron chi connectivity index (χ4n) is 3.14. The van der Waals surface area contributed by atoms with E-state index in [2.05, 4.69) is 5.32 Å². The van der Waals surface area contributed by atoms with Crippen LogP contribution in [0, 0.1) is 0 Å². The van der Waals surface area contributed by atoms with Crippen molar-refractivity contribution in [1.29, 1.82) is 0 Å². The maximum atomic E-state index is 12.5. The van der Waals surface area contributed by atoms with E-state index in [-0.39, 0.29) is 5.41 Å². The Balaban J connectivity index is 1.85. The van der Waals surface area contributed by atoms with Gasteiger partial charge < -0.3 is 5.32 Å². The van der Waals surface area contributed by atoms with Gasteiger partial charge >= 0.3 is 6.18 Å². The number of rotatable bonds is 1. The Hall–Kier alpha value is -1.03. The summed E-state index contributed by atoms with van der Waals surface area (Å²) in [4.78, 5) is 0. The molecule has 3 fully saturated rings. The first kappa shape index (κ1) is 11.1. The zero-order valence-electron chi connectivity index (χ0n) is 9.35. The fourth-order valence-corrected chi connectivity index (χ4v) is 3.14. The Kier molecular flexibility index (Phi) is 2.27.